The Balaban J connectivity index is 2.55. The van der Waals surface area contributed by atoms with Crippen molar-refractivity contribution in [2.75, 3.05) is 0 Å². The summed E-state index contributed by atoms with van der Waals surface area (Å²) in [5, 5.41) is 18.4. The second kappa shape index (κ2) is 4.02. The van der Waals surface area contributed by atoms with Crippen LogP contribution >= 0.6 is 0 Å². The van der Waals surface area contributed by atoms with Gasteiger partial charge < -0.3 is 14.8 Å². The SMILES string of the molecule is Cc1cc(CO)c(C)n1-c1ccc(O)cc1. The zero-order valence-electron chi connectivity index (χ0n) is 9.44. The summed E-state index contributed by atoms with van der Waals surface area (Å²) in [6.45, 7) is 4.03. The minimum absolute atomic E-state index is 0.0533. The molecule has 0 saturated heterocycles. The molecule has 0 unspecified atom stereocenters. The predicted molar refractivity (Wildman–Crippen MR) is 62.8 cm³/mol. The Morgan fingerprint density at radius 2 is 1.75 bits per heavy atom. The molecule has 3 heteroatoms. The Morgan fingerprint density at radius 3 is 2.25 bits per heavy atom. The van der Waals surface area contributed by atoms with Crippen molar-refractivity contribution >= 4 is 0 Å². The maximum Gasteiger partial charge on any atom is 0.115 e. The Labute approximate surface area is 94.6 Å². The molecule has 84 valence electrons. The summed E-state index contributed by atoms with van der Waals surface area (Å²) in [5.41, 5.74) is 4.04. The van der Waals surface area contributed by atoms with Crippen LogP contribution in [0.2, 0.25) is 0 Å². The van der Waals surface area contributed by atoms with Gasteiger partial charge in [-0.1, -0.05) is 0 Å². The highest BCUT2D eigenvalue weighted by Crippen LogP contribution is 2.22. The van der Waals surface area contributed by atoms with Gasteiger partial charge in [0, 0.05) is 17.1 Å². The minimum atomic E-state index is 0.0533. The van der Waals surface area contributed by atoms with Crippen LogP contribution in [0, 0.1) is 13.8 Å². The van der Waals surface area contributed by atoms with Crippen molar-refractivity contribution in [1.29, 1.82) is 0 Å². The molecule has 0 aliphatic rings. The van der Waals surface area contributed by atoms with Crippen LogP contribution in [0.15, 0.2) is 30.3 Å². The topological polar surface area (TPSA) is 45.4 Å². The molecule has 16 heavy (non-hydrogen) atoms. The van der Waals surface area contributed by atoms with Gasteiger partial charge in [0.25, 0.3) is 0 Å². The predicted octanol–water partition coefficient (Wildman–Crippen LogP) is 2.29. The van der Waals surface area contributed by atoms with E-state index in [1.165, 1.54) is 0 Å². The zero-order valence-corrected chi connectivity index (χ0v) is 9.44. The number of hydrogen-bond acceptors (Lipinski definition) is 2. The second-order valence-corrected chi connectivity index (χ2v) is 3.91. The number of aromatic nitrogens is 1. The van der Waals surface area contributed by atoms with Crippen LogP contribution in [-0.4, -0.2) is 14.8 Å². The standard InChI is InChI=1S/C13H15NO2/c1-9-7-11(8-15)10(2)14(9)12-3-5-13(16)6-4-12/h3-7,15-16H,8H2,1-2H3. The second-order valence-electron chi connectivity index (χ2n) is 3.91. The van der Waals surface area contributed by atoms with E-state index in [9.17, 15) is 10.2 Å². The normalized spacial score (nSPS) is 10.7. The zero-order chi connectivity index (χ0) is 11.7. The van der Waals surface area contributed by atoms with Crippen molar-refractivity contribution in [3.8, 4) is 11.4 Å². The van der Waals surface area contributed by atoms with Gasteiger partial charge in [-0.25, -0.2) is 0 Å². The number of benzene rings is 1. The highest BCUT2D eigenvalue weighted by molar-refractivity contribution is 5.43. The molecule has 0 saturated carbocycles. The van der Waals surface area contributed by atoms with Crippen molar-refractivity contribution < 1.29 is 10.2 Å². The molecule has 0 fully saturated rings. The molecule has 2 aromatic rings. The fourth-order valence-corrected chi connectivity index (χ4v) is 1.99. The van der Waals surface area contributed by atoms with Gasteiger partial charge in [0.05, 0.1) is 6.61 Å². The van der Waals surface area contributed by atoms with Crippen LogP contribution < -0.4 is 0 Å². The lowest BCUT2D eigenvalue weighted by atomic mass is 10.2. The number of rotatable bonds is 2. The van der Waals surface area contributed by atoms with E-state index in [-0.39, 0.29) is 12.4 Å². The number of aromatic hydroxyl groups is 1. The monoisotopic (exact) mass is 217 g/mol. The van der Waals surface area contributed by atoms with E-state index in [1.807, 2.05) is 32.0 Å². The van der Waals surface area contributed by atoms with Gasteiger partial charge in [0.2, 0.25) is 0 Å². The van der Waals surface area contributed by atoms with Crippen molar-refractivity contribution in [2.45, 2.75) is 20.5 Å². The number of aliphatic hydroxyl groups excluding tert-OH is 1. The summed E-state index contributed by atoms with van der Waals surface area (Å²) < 4.78 is 2.06. The maximum atomic E-state index is 9.24. The van der Waals surface area contributed by atoms with E-state index >= 15 is 0 Å². The number of aliphatic hydroxyl groups is 1. The Kier molecular flexibility index (Phi) is 2.71. The number of phenolic OH excluding ortho intramolecular Hbond substituents is 1. The molecule has 2 N–H and O–H groups in total. The lowest BCUT2D eigenvalue weighted by molar-refractivity contribution is 0.281. The van der Waals surface area contributed by atoms with Gasteiger partial charge in [-0.2, -0.15) is 0 Å². The fraction of sp³-hybridized carbons (Fsp3) is 0.231. The number of nitrogens with zero attached hydrogens (tertiary/aromatic N) is 1. The van der Waals surface area contributed by atoms with E-state index in [0.717, 1.165) is 22.6 Å². The van der Waals surface area contributed by atoms with E-state index in [0.29, 0.717) is 0 Å². The molecule has 0 aliphatic carbocycles. The van der Waals surface area contributed by atoms with Crippen LogP contribution in [0.25, 0.3) is 5.69 Å². The summed E-state index contributed by atoms with van der Waals surface area (Å²) in [7, 11) is 0. The summed E-state index contributed by atoms with van der Waals surface area (Å²) in [5.74, 6) is 0.258. The number of aryl methyl sites for hydroxylation is 1. The van der Waals surface area contributed by atoms with Crippen LogP contribution in [-0.2, 0) is 6.61 Å². The highest BCUT2D eigenvalue weighted by Gasteiger charge is 2.09. The molecule has 1 aromatic carbocycles. The van der Waals surface area contributed by atoms with Crippen LogP contribution in [0.3, 0.4) is 0 Å². The van der Waals surface area contributed by atoms with Crippen molar-refractivity contribution in [3.63, 3.8) is 0 Å². The smallest absolute Gasteiger partial charge is 0.115 e. The summed E-state index contributed by atoms with van der Waals surface area (Å²) in [6.07, 6.45) is 0. The Hall–Kier alpha value is -1.74. The van der Waals surface area contributed by atoms with Gasteiger partial charge in [-0.3, -0.25) is 0 Å². The molecule has 0 radical (unpaired) electrons. The first-order chi connectivity index (χ1) is 7.63. The Morgan fingerprint density at radius 1 is 1.12 bits per heavy atom. The molecule has 0 bridgehead atoms. The molecule has 1 aromatic heterocycles. The van der Waals surface area contributed by atoms with E-state index in [2.05, 4.69) is 4.57 Å². The molecule has 3 nitrogen and oxygen atoms in total. The van der Waals surface area contributed by atoms with Crippen molar-refractivity contribution in [3.05, 3.63) is 47.3 Å². The minimum Gasteiger partial charge on any atom is -0.508 e. The molecule has 0 spiro atoms. The Bertz CT molecular complexity index is 497. The lowest BCUT2D eigenvalue weighted by Gasteiger charge is -2.09. The third-order valence-electron chi connectivity index (χ3n) is 2.81. The summed E-state index contributed by atoms with van der Waals surface area (Å²) >= 11 is 0. The number of phenols is 1. The van der Waals surface area contributed by atoms with E-state index in [1.54, 1.807) is 12.1 Å². The maximum absolute atomic E-state index is 9.24. The number of hydrogen-bond donors (Lipinski definition) is 2. The van der Waals surface area contributed by atoms with Crippen molar-refractivity contribution in [2.24, 2.45) is 0 Å². The molecule has 2 rings (SSSR count). The van der Waals surface area contributed by atoms with Gasteiger partial charge in [-0.15, -0.1) is 0 Å². The van der Waals surface area contributed by atoms with Crippen molar-refractivity contribution in [1.82, 2.24) is 4.57 Å². The highest BCUT2D eigenvalue weighted by atomic mass is 16.3. The molecular formula is C13H15NO2. The fourth-order valence-electron chi connectivity index (χ4n) is 1.99. The first-order valence-electron chi connectivity index (χ1n) is 5.21. The molecule has 0 atom stereocenters. The van der Waals surface area contributed by atoms with E-state index < -0.39 is 0 Å². The molecular weight excluding hydrogens is 202 g/mol. The first-order valence-corrected chi connectivity index (χ1v) is 5.21. The van der Waals surface area contributed by atoms with Crippen LogP contribution in [0.4, 0.5) is 0 Å². The van der Waals surface area contributed by atoms with Crippen LogP contribution in [0.1, 0.15) is 17.0 Å². The molecule has 1 heterocycles. The van der Waals surface area contributed by atoms with Crippen LogP contribution in [0.5, 0.6) is 5.75 Å². The van der Waals surface area contributed by atoms with Gasteiger partial charge >= 0.3 is 0 Å². The van der Waals surface area contributed by atoms with Gasteiger partial charge in [-0.05, 0) is 49.7 Å². The van der Waals surface area contributed by atoms with E-state index in [4.69, 9.17) is 0 Å². The van der Waals surface area contributed by atoms with Gasteiger partial charge in [0.15, 0.2) is 0 Å². The third-order valence-corrected chi connectivity index (χ3v) is 2.81. The molecule has 0 aliphatic heterocycles. The summed E-state index contributed by atoms with van der Waals surface area (Å²) in [4.78, 5) is 0. The molecule has 0 amide bonds. The largest absolute Gasteiger partial charge is 0.508 e. The first kappa shape index (κ1) is 10.8. The third kappa shape index (κ3) is 1.70. The average Bonchev–Trinajstić information content (AvgIpc) is 2.56. The quantitative estimate of drug-likeness (QED) is 0.810. The average molecular weight is 217 g/mol. The van der Waals surface area contributed by atoms with Gasteiger partial charge in [0.1, 0.15) is 5.75 Å². The lowest BCUT2D eigenvalue weighted by Crippen LogP contribution is -1.99. The summed E-state index contributed by atoms with van der Waals surface area (Å²) in [6, 6.07) is 9.01.